The summed E-state index contributed by atoms with van der Waals surface area (Å²) in [5.74, 6) is -1.76. The Kier molecular flexibility index (Phi) is 5.49. The molecule has 0 aliphatic heterocycles. The van der Waals surface area contributed by atoms with Gasteiger partial charge in [0, 0.05) is 18.2 Å². The standard InChI is InChI=1S/C12H15BrF2O2/c1-7(3-4-17-2)12(16)11-9(14)5-8(13)6-10(11)15/h5-7,12,16H,3-4H2,1-2H3. The first-order valence-corrected chi connectivity index (χ1v) is 6.08. The maximum absolute atomic E-state index is 13.6. The van der Waals surface area contributed by atoms with E-state index in [1.807, 2.05) is 0 Å². The third kappa shape index (κ3) is 3.72. The normalized spacial score (nSPS) is 14.7. The lowest BCUT2D eigenvalue weighted by molar-refractivity contribution is 0.0828. The molecule has 17 heavy (non-hydrogen) atoms. The van der Waals surface area contributed by atoms with Gasteiger partial charge in [0.05, 0.1) is 11.7 Å². The molecule has 0 bridgehead atoms. The minimum Gasteiger partial charge on any atom is -0.388 e. The molecule has 1 aromatic carbocycles. The summed E-state index contributed by atoms with van der Waals surface area (Å²) >= 11 is 2.99. The summed E-state index contributed by atoms with van der Waals surface area (Å²) in [4.78, 5) is 0. The van der Waals surface area contributed by atoms with E-state index in [9.17, 15) is 13.9 Å². The van der Waals surface area contributed by atoms with Crippen LogP contribution in [-0.2, 0) is 4.74 Å². The van der Waals surface area contributed by atoms with Gasteiger partial charge in [0.2, 0.25) is 0 Å². The summed E-state index contributed by atoms with van der Waals surface area (Å²) in [7, 11) is 1.54. The summed E-state index contributed by atoms with van der Waals surface area (Å²) < 4.78 is 32.4. The zero-order valence-electron chi connectivity index (χ0n) is 9.71. The average Bonchev–Trinajstić information content (AvgIpc) is 2.24. The predicted octanol–water partition coefficient (Wildman–Crippen LogP) is 3.43. The van der Waals surface area contributed by atoms with Gasteiger partial charge in [-0.05, 0) is 24.5 Å². The lowest BCUT2D eigenvalue weighted by Gasteiger charge is -2.20. The molecule has 1 aromatic rings. The van der Waals surface area contributed by atoms with E-state index in [-0.39, 0.29) is 11.5 Å². The SMILES string of the molecule is COCCC(C)C(O)c1c(F)cc(Br)cc1F. The van der Waals surface area contributed by atoms with Crippen LogP contribution in [0.5, 0.6) is 0 Å². The molecule has 96 valence electrons. The van der Waals surface area contributed by atoms with Crippen molar-refractivity contribution in [2.45, 2.75) is 19.4 Å². The molecule has 0 heterocycles. The highest BCUT2D eigenvalue weighted by molar-refractivity contribution is 9.10. The Morgan fingerprint density at radius 2 is 1.88 bits per heavy atom. The van der Waals surface area contributed by atoms with E-state index in [4.69, 9.17) is 4.74 Å². The first kappa shape index (κ1) is 14.5. The fraction of sp³-hybridized carbons (Fsp3) is 0.500. The minimum absolute atomic E-state index is 0.278. The Morgan fingerprint density at radius 1 is 1.35 bits per heavy atom. The van der Waals surface area contributed by atoms with Crippen molar-refractivity contribution in [3.63, 3.8) is 0 Å². The number of hydrogen-bond acceptors (Lipinski definition) is 2. The van der Waals surface area contributed by atoms with E-state index in [1.165, 1.54) is 0 Å². The summed E-state index contributed by atoms with van der Waals surface area (Å²) in [6, 6.07) is 2.29. The van der Waals surface area contributed by atoms with Crippen LogP contribution in [-0.4, -0.2) is 18.8 Å². The van der Waals surface area contributed by atoms with Crippen LogP contribution < -0.4 is 0 Å². The quantitative estimate of drug-likeness (QED) is 0.903. The molecule has 5 heteroatoms. The van der Waals surface area contributed by atoms with Crippen molar-refractivity contribution in [2.24, 2.45) is 5.92 Å². The zero-order chi connectivity index (χ0) is 13.0. The smallest absolute Gasteiger partial charge is 0.133 e. The van der Waals surface area contributed by atoms with E-state index < -0.39 is 17.7 Å². The van der Waals surface area contributed by atoms with Gasteiger partial charge in [0.25, 0.3) is 0 Å². The fourth-order valence-corrected chi connectivity index (χ4v) is 1.98. The van der Waals surface area contributed by atoms with E-state index in [0.29, 0.717) is 17.5 Å². The Morgan fingerprint density at radius 3 is 2.35 bits per heavy atom. The summed E-state index contributed by atoms with van der Waals surface area (Å²) in [5, 5.41) is 9.92. The highest BCUT2D eigenvalue weighted by atomic mass is 79.9. The molecule has 0 aliphatic carbocycles. The average molecular weight is 309 g/mol. The van der Waals surface area contributed by atoms with Crippen molar-refractivity contribution in [1.29, 1.82) is 0 Å². The number of rotatable bonds is 5. The van der Waals surface area contributed by atoms with Crippen molar-refractivity contribution in [2.75, 3.05) is 13.7 Å². The Hall–Kier alpha value is -0.520. The number of aliphatic hydroxyl groups is 1. The molecular formula is C12H15BrF2O2. The number of methoxy groups -OCH3 is 1. The van der Waals surface area contributed by atoms with E-state index >= 15 is 0 Å². The van der Waals surface area contributed by atoms with Crippen LogP contribution in [0.25, 0.3) is 0 Å². The van der Waals surface area contributed by atoms with Crippen LogP contribution in [0.2, 0.25) is 0 Å². The molecular weight excluding hydrogens is 294 g/mol. The van der Waals surface area contributed by atoms with Crippen molar-refractivity contribution >= 4 is 15.9 Å². The van der Waals surface area contributed by atoms with Gasteiger partial charge in [-0.2, -0.15) is 0 Å². The molecule has 0 spiro atoms. The molecule has 1 N–H and O–H groups in total. The van der Waals surface area contributed by atoms with Crippen molar-refractivity contribution in [3.05, 3.63) is 33.8 Å². The van der Waals surface area contributed by atoms with Crippen molar-refractivity contribution in [3.8, 4) is 0 Å². The van der Waals surface area contributed by atoms with Gasteiger partial charge in [0.1, 0.15) is 11.6 Å². The highest BCUT2D eigenvalue weighted by Gasteiger charge is 2.23. The maximum atomic E-state index is 13.6. The molecule has 2 unspecified atom stereocenters. The number of hydrogen-bond donors (Lipinski definition) is 1. The molecule has 0 aliphatic rings. The van der Waals surface area contributed by atoms with Crippen LogP contribution in [0.3, 0.4) is 0 Å². The fourth-order valence-electron chi connectivity index (χ4n) is 1.58. The van der Waals surface area contributed by atoms with Gasteiger partial charge >= 0.3 is 0 Å². The van der Waals surface area contributed by atoms with E-state index in [0.717, 1.165) is 12.1 Å². The van der Waals surface area contributed by atoms with Crippen molar-refractivity contribution in [1.82, 2.24) is 0 Å². The maximum Gasteiger partial charge on any atom is 0.133 e. The minimum atomic E-state index is -1.17. The van der Waals surface area contributed by atoms with Crippen LogP contribution >= 0.6 is 15.9 Å². The second-order valence-electron chi connectivity index (χ2n) is 3.99. The lowest BCUT2D eigenvalue weighted by atomic mass is 9.94. The second-order valence-corrected chi connectivity index (χ2v) is 4.90. The number of halogens is 3. The molecule has 2 nitrogen and oxygen atoms in total. The number of benzene rings is 1. The summed E-state index contributed by atoms with van der Waals surface area (Å²) in [6.45, 7) is 2.17. The Bertz CT molecular complexity index is 362. The summed E-state index contributed by atoms with van der Waals surface area (Å²) in [6.07, 6.45) is -0.634. The van der Waals surface area contributed by atoms with Gasteiger partial charge in [-0.25, -0.2) is 8.78 Å². The molecule has 0 amide bonds. The topological polar surface area (TPSA) is 29.5 Å². The monoisotopic (exact) mass is 308 g/mol. The molecule has 0 radical (unpaired) electrons. The van der Waals surface area contributed by atoms with E-state index in [1.54, 1.807) is 14.0 Å². The molecule has 0 aromatic heterocycles. The number of aliphatic hydroxyl groups excluding tert-OH is 1. The third-order valence-corrected chi connectivity index (χ3v) is 3.11. The largest absolute Gasteiger partial charge is 0.388 e. The van der Waals surface area contributed by atoms with Crippen LogP contribution in [0.4, 0.5) is 8.78 Å². The third-order valence-electron chi connectivity index (χ3n) is 2.66. The second kappa shape index (κ2) is 6.42. The van der Waals surface area contributed by atoms with Gasteiger partial charge in [-0.15, -0.1) is 0 Å². The molecule has 2 atom stereocenters. The first-order chi connectivity index (χ1) is 7.97. The lowest BCUT2D eigenvalue weighted by Crippen LogP contribution is -2.14. The molecule has 0 saturated carbocycles. The number of ether oxygens (including phenoxy) is 1. The Balaban J connectivity index is 2.91. The molecule has 1 rings (SSSR count). The highest BCUT2D eigenvalue weighted by Crippen LogP contribution is 2.30. The van der Waals surface area contributed by atoms with Crippen LogP contribution in [0.15, 0.2) is 16.6 Å². The van der Waals surface area contributed by atoms with Gasteiger partial charge in [-0.3, -0.25) is 0 Å². The van der Waals surface area contributed by atoms with Gasteiger partial charge in [0.15, 0.2) is 0 Å². The predicted molar refractivity (Wildman–Crippen MR) is 64.7 cm³/mol. The molecule has 0 fully saturated rings. The van der Waals surface area contributed by atoms with E-state index in [2.05, 4.69) is 15.9 Å². The Labute approximate surface area is 108 Å². The van der Waals surface area contributed by atoms with Crippen LogP contribution in [0, 0.1) is 17.6 Å². The molecule has 0 saturated heterocycles. The summed E-state index contributed by atoms with van der Waals surface area (Å²) in [5.41, 5.74) is -0.281. The van der Waals surface area contributed by atoms with Crippen LogP contribution in [0.1, 0.15) is 25.0 Å². The van der Waals surface area contributed by atoms with Gasteiger partial charge < -0.3 is 9.84 Å². The van der Waals surface area contributed by atoms with Crippen molar-refractivity contribution < 1.29 is 18.6 Å². The van der Waals surface area contributed by atoms with Gasteiger partial charge in [-0.1, -0.05) is 22.9 Å². The first-order valence-electron chi connectivity index (χ1n) is 5.28. The zero-order valence-corrected chi connectivity index (χ0v) is 11.3.